The zero-order chi connectivity index (χ0) is 20.1. The lowest BCUT2D eigenvalue weighted by molar-refractivity contribution is -0.131. The second kappa shape index (κ2) is 8.88. The molecule has 4 nitrogen and oxygen atoms in total. The van der Waals surface area contributed by atoms with Crippen LogP contribution in [0.1, 0.15) is 37.0 Å². The maximum absolute atomic E-state index is 14.2. The van der Waals surface area contributed by atoms with E-state index in [1.165, 1.54) is 18.1 Å². The smallest absolute Gasteiger partial charge is 0.242 e. The third-order valence-corrected chi connectivity index (χ3v) is 5.41. The van der Waals surface area contributed by atoms with Crippen molar-refractivity contribution in [3.63, 3.8) is 0 Å². The largest absolute Gasteiger partial charge is 0.358 e. The summed E-state index contributed by atoms with van der Waals surface area (Å²) in [5.74, 6) is 0.194. The van der Waals surface area contributed by atoms with Crippen LogP contribution in [0.15, 0.2) is 42.5 Å². The van der Waals surface area contributed by atoms with Gasteiger partial charge in [0.1, 0.15) is 5.82 Å². The van der Waals surface area contributed by atoms with Crippen LogP contribution >= 0.6 is 0 Å². The number of nitriles is 1. The van der Waals surface area contributed by atoms with Crippen molar-refractivity contribution in [2.75, 3.05) is 24.5 Å². The fraction of sp³-hybridized carbons (Fsp3) is 0.391. The summed E-state index contributed by atoms with van der Waals surface area (Å²) in [5.41, 5.74) is 3.09. The van der Waals surface area contributed by atoms with Crippen LogP contribution < -0.4 is 4.90 Å². The number of carbonyl (C=O) groups excluding carboxylic acids is 1. The Labute approximate surface area is 166 Å². The normalized spacial score (nSPS) is 15.4. The fourth-order valence-corrected chi connectivity index (χ4v) is 3.46. The first kappa shape index (κ1) is 19.9. The second-order valence-corrected chi connectivity index (χ2v) is 7.55. The predicted octanol–water partition coefficient (Wildman–Crippen LogP) is 4.13. The van der Waals surface area contributed by atoms with Crippen LogP contribution in [-0.4, -0.2) is 30.4 Å². The molecule has 1 atom stereocenters. The van der Waals surface area contributed by atoms with Crippen LogP contribution in [0, 0.1) is 23.1 Å². The molecule has 2 aromatic rings. The van der Waals surface area contributed by atoms with Crippen LogP contribution in [0.25, 0.3) is 0 Å². The first-order valence-corrected chi connectivity index (χ1v) is 9.80. The van der Waals surface area contributed by atoms with E-state index in [4.69, 9.17) is 5.26 Å². The van der Waals surface area contributed by atoms with Crippen molar-refractivity contribution in [2.24, 2.45) is 5.92 Å². The molecule has 1 aliphatic heterocycles. The standard InChI is InChI=1S/C23H26FN3O/c1-3-17(2)12-18-4-6-19(7-5-18)15-27-11-10-26(16-23(27)28)22-9-8-20(14-25)13-21(22)24/h4-9,13,17H,3,10-12,15-16H2,1-2H3. The number of carbonyl (C=O) groups is 1. The molecule has 0 spiro atoms. The molecule has 0 aliphatic carbocycles. The summed E-state index contributed by atoms with van der Waals surface area (Å²) in [4.78, 5) is 16.1. The highest BCUT2D eigenvalue weighted by Crippen LogP contribution is 2.23. The van der Waals surface area contributed by atoms with Crippen molar-refractivity contribution in [2.45, 2.75) is 33.2 Å². The molecular weight excluding hydrogens is 353 g/mol. The number of amides is 1. The molecule has 0 aromatic heterocycles. The van der Waals surface area contributed by atoms with Crippen LogP contribution in [-0.2, 0) is 17.8 Å². The van der Waals surface area contributed by atoms with E-state index in [-0.39, 0.29) is 18.0 Å². The Morgan fingerprint density at radius 1 is 1.14 bits per heavy atom. The molecule has 0 bridgehead atoms. The van der Waals surface area contributed by atoms with Gasteiger partial charge in [-0.15, -0.1) is 0 Å². The van der Waals surface area contributed by atoms with E-state index in [2.05, 4.69) is 38.1 Å². The van der Waals surface area contributed by atoms with Gasteiger partial charge in [-0.1, -0.05) is 44.5 Å². The summed E-state index contributed by atoms with van der Waals surface area (Å²) >= 11 is 0. The van der Waals surface area contributed by atoms with E-state index in [0.717, 1.165) is 12.0 Å². The van der Waals surface area contributed by atoms with Crippen molar-refractivity contribution in [3.8, 4) is 6.07 Å². The Morgan fingerprint density at radius 3 is 2.46 bits per heavy atom. The Hall–Kier alpha value is -2.87. The number of hydrogen-bond acceptors (Lipinski definition) is 3. The fourth-order valence-electron chi connectivity index (χ4n) is 3.46. The van der Waals surface area contributed by atoms with E-state index >= 15 is 0 Å². The van der Waals surface area contributed by atoms with Crippen LogP contribution in [0.5, 0.6) is 0 Å². The molecule has 2 aromatic carbocycles. The number of hydrogen-bond donors (Lipinski definition) is 0. The van der Waals surface area contributed by atoms with Crippen molar-refractivity contribution < 1.29 is 9.18 Å². The Balaban J connectivity index is 1.60. The maximum Gasteiger partial charge on any atom is 0.242 e. The molecule has 1 unspecified atom stereocenters. The van der Waals surface area contributed by atoms with Gasteiger partial charge in [0.05, 0.1) is 23.9 Å². The highest BCUT2D eigenvalue weighted by molar-refractivity contribution is 5.83. The van der Waals surface area contributed by atoms with Gasteiger partial charge in [-0.2, -0.15) is 5.26 Å². The molecule has 3 rings (SSSR count). The molecule has 1 aliphatic rings. The number of halogens is 1. The number of benzene rings is 2. The van der Waals surface area contributed by atoms with Gasteiger partial charge in [0.15, 0.2) is 0 Å². The first-order valence-electron chi connectivity index (χ1n) is 9.80. The summed E-state index contributed by atoms with van der Waals surface area (Å²) in [7, 11) is 0. The molecule has 1 fully saturated rings. The Bertz CT molecular complexity index is 872. The van der Waals surface area contributed by atoms with Gasteiger partial charge in [-0.3, -0.25) is 4.79 Å². The average Bonchev–Trinajstić information content (AvgIpc) is 2.70. The SMILES string of the molecule is CCC(C)Cc1ccc(CN2CCN(c3ccc(C#N)cc3F)CC2=O)cc1. The monoisotopic (exact) mass is 379 g/mol. The molecule has 1 heterocycles. The molecule has 5 heteroatoms. The van der Waals surface area contributed by atoms with E-state index in [1.807, 2.05) is 11.0 Å². The summed E-state index contributed by atoms with van der Waals surface area (Å²) in [5, 5.41) is 8.86. The molecule has 1 saturated heterocycles. The minimum Gasteiger partial charge on any atom is -0.358 e. The molecule has 0 radical (unpaired) electrons. The summed E-state index contributed by atoms with van der Waals surface area (Å²) in [6, 6.07) is 14.8. The van der Waals surface area contributed by atoms with Gasteiger partial charge >= 0.3 is 0 Å². The lowest BCUT2D eigenvalue weighted by atomic mass is 9.98. The molecule has 28 heavy (non-hydrogen) atoms. The number of piperazine rings is 1. The predicted molar refractivity (Wildman–Crippen MR) is 108 cm³/mol. The summed E-state index contributed by atoms with van der Waals surface area (Å²) in [6.07, 6.45) is 2.24. The highest BCUT2D eigenvalue weighted by atomic mass is 19.1. The third kappa shape index (κ3) is 4.69. The number of anilines is 1. The van der Waals surface area contributed by atoms with E-state index < -0.39 is 5.82 Å². The minimum atomic E-state index is -0.461. The van der Waals surface area contributed by atoms with Gasteiger partial charge in [-0.05, 0) is 41.7 Å². The maximum atomic E-state index is 14.2. The van der Waals surface area contributed by atoms with Gasteiger partial charge < -0.3 is 9.80 Å². The number of rotatable bonds is 6. The van der Waals surface area contributed by atoms with E-state index in [9.17, 15) is 9.18 Å². The summed E-state index contributed by atoms with van der Waals surface area (Å²) in [6.45, 7) is 6.30. The van der Waals surface area contributed by atoms with Crippen LogP contribution in [0.4, 0.5) is 10.1 Å². The van der Waals surface area contributed by atoms with E-state index in [1.54, 1.807) is 17.0 Å². The topological polar surface area (TPSA) is 47.3 Å². The molecule has 1 amide bonds. The minimum absolute atomic E-state index is 0.0151. The highest BCUT2D eigenvalue weighted by Gasteiger charge is 2.25. The zero-order valence-electron chi connectivity index (χ0n) is 16.5. The van der Waals surface area contributed by atoms with Crippen LogP contribution in [0.3, 0.4) is 0 Å². The van der Waals surface area contributed by atoms with Gasteiger partial charge in [-0.25, -0.2) is 4.39 Å². The van der Waals surface area contributed by atoms with Crippen molar-refractivity contribution in [1.82, 2.24) is 4.90 Å². The zero-order valence-corrected chi connectivity index (χ0v) is 16.5. The first-order chi connectivity index (χ1) is 13.5. The van der Waals surface area contributed by atoms with Crippen molar-refractivity contribution in [3.05, 3.63) is 65.0 Å². The van der Waals surface area contributed by atoms with Crippen molar-refractivity contribution in [1.29, 1.82) is 5.26 Å². The van der Waals surface area contributed by atoms with Gasteiger partial charge in [0.2, 0.25) is 5.91 Å². The van der Waals surface area contributed by atoms with Crippen LogP contribution in [0.2, 0.25) is 0 Å². The molecule has 146 valence electrons. The average molecular weight is 379 g/mol. The van der Waals surface area contributed by atoms with Gasteiger partial charge in [0.25, 0.3) is 0 Å². The molecular formula is C23H26FN3O. The quantitative estimate of drug-likeness (QED) is 0.758. The lowest BCUT2D eigenvalue weighted by Gasteiger charge is -2.35. The molecule has 0 N–H and O–H groups in total. The summed E-state index contributed by atoms with van der Waals surface area (Å²) < 4.78 is 14.2. The third-order valence-electron chi connectivity index (χ3n) is 5.41. The number of nitrogens with zero attached hydrogens (tertiary/aromatic N) is 3. The Kier molecular flexibility index (Phi) is 6.30. The molecule has 0 saturated carbocycles. The van der Waals surface area contributed by atoms with Crippen molar-refractivity contribution >= 4 is 11.6 Å². The Morgan fingerprint density at radius 2 is 1.86 bits per heavy atom. The lowest BCUT2D eigenvalue weighted by Crippen LogP contribution is -2.50. The van der Waals surface area contributed by atoms with Gasteiger partial charge in [0, 0.05) is 19.6 Å². The second-order valence-electron chi connectivity index (χ2n) is 7.55. The van der Waals surface area contributed by atoms with E-state index in [0.29, 0.717) is 31.2 Å².